The average molecular weight is 415 g/mol. The summed E-state index contributed by atoms with van der Waals surface area (Å²) in [7, 11) is 0. The zero-order chi connectivity index (χ0) is 22.0. The topological polar surface area (TPSA) is 108 Å². The van der Waals surface area contributed by atoms with Gasteiger partial charge in [0.25, 0.3) is 17.4 Å². The van der Waals surface area contributed by atoms with Gasteiger partial charge in [-0.15, -0.1) is 0 Å². The van der Waals surface area contributed by atoms with Crippen LogP contribution in [0.2, 0.25) is 0 Å². The van der Waals surface area contributed by atoms with E-state index in [-0.39, 0.29) is 22.7 Å². The second-order valence-corrected chi connectivity index (χ2v) is 7.33. The van der Waals surface area contributed by atoms with Crippen LogP contribution in [0.25, 0.3) is 5.52 Å². The molecule has 0 bridgehead atoms. The molecule has 0 fully saturated rings. The molecule has 8 heteroatoms. The van der Waals surface area contributed by atoms with Crippen LogP contribution in [0.5, 0.6) is 0 Å². The SMILES string of the molecule is Cc1ccc(CNC(=O)c2ccc(NC(=O)c3cc4c(=O)[nH]c(C)cn4n3)cc2)cc1. The van der Waals surface area contributed by atoms with Crippen molar-refractivity contribution in [2.45, 2.75) is 20.4 Å². The number of benzene rings is 2. The number of nitrogens with one attached hydrogen (secondary N) is 3. The van der Waals surface area contributed by atoms with E-state index in [9.17, 15) is 14.4 Å². The van der Waals surface area contributed by atoms with Gasteiger partial charge in [-0.3, -0.25) is 14.4 Å². The van der Waals surface area contributed by atoms with E-state index in [2.05, 4.69) is 20.7 Å². The van der Waals surface area contributed by atoms with Crippen molar-refractivity contribution in [2.24, 2.45) is 0 Å². The van der Waals surface area contributed by atoms with Crippen LogP contribution in [0.3, 0.4) is 0 Å². The van der Waals surface area contributed by atoms with Gasteiger partial charge < -0.3 is 15.6 Å². The summed E-state index contributed by atoms with van der Waals surface area (Å²) in [4.78, 5) is 39.5. The number of nitrogens with zero attached hydrogens (tertiary/aromatic N) is 2. The molecule has 0 aliphatic rings. The molecule has 0 radical (unpaired) electrons. The fourth-order valence-electron chi connectivity index (χ4n) is 3.12. The third-order valence-corrected chi connectivity index (χ3v) is 4.81. The third kappa shape index (κ3) is 4.53. The first kappa shape index (κ1) is 20.1. The van der Waals surface area contributed by atoms with Crippen LogP contribution >= 0.6 is 0 Å². The molecule has 0 saturated heterocycles. The second kappa shape index (κ2) is 8.27. The van der Waals surface area contributed by atoms with E-state index in [0.29, 0.717) is 23.5 Å². The zero-order valence-corrected chi connectivity index (χ0v) is 17.1. The number of H-pyrrole nitrogens is 1. The molecular formula is C23H21N5O3. The highest BCUT2D eigenvalue weighted by molar-refractivity contribution is 6.04. The summed E-state index contributed by atoms with van der Waals surface area (Å²) >= 11 is 0. The van der Waals surface area contributed by atoms with Crippen LogP contribution in [0.4, 0.5) is 5.69 Å². The Labute approximate surface area is 177 Å². The van der Waals surface area contributed by atoms with E-state index in [1.54, 1.807) is 37.4 Å². The van der Waals surface area contributed by atoms with E-state index >= 15 is 0 Å². The molecule has 2 amide bonds. The van der Waals surface area contributed by atoms with Crippen molar-refractivity contribution in [3.05, 3.63) is 99.2 Å². The first-order chi connectivity index (χ1) is 14.9. The Morgan fingerprint density at radius 2 is 1.71 bits per heavy atom. The van der Waals surface area contributed by atoms with Crippen molar-refractivity contribution in [3.63, 3.8) is 0 Å². The number of hydrogen-bond acceptors (Lipinski definition) is 4. The molecule has 0 aliphatic heterocycles. The molecule has 8 nitrogen and oxygen atoms in total. The number of amides is 2. The lowest BCUT2D eigenvalue weighted by molar-refractivity contribution is 0.0950. The zero-order valence-electron chi connectivity index (χ0n) is 17.1. The summed E-state index contributed by atoms with van der Waals surface area (Å²) in [6.07, 6.45) is 1.64. The molecule has 2 heterocycles. The van der Waals surface area contributed by atoms with Gasteiger partial charge >= 0.3 is 0 Å². The number of aryl methyl sites for hydroxylation is 2. The minimum absolute atomic E-state index is 0.121. The van der Waals surface area contributed by atoms with Gasteiger partial charge in [0, 0.05) is 35.8 Å². The number of carbonyl (C=O) groups is 2. The predicted molar refractivity (Wildman–Crippen MR) is 117 cm³/mol. The minimum Gasteiger partial charge on any atom is -0.348 e. The van der Waals surface area contributed by atoms with Gasteiger partial charge in [-0.25, -0.2) is 4.52 Å². The Balaban J connectivity index is 1.40. The maximum Gasteiger partial charge on any atom is 0.276 e. The number of anilines is 1. The Morgan fingerprint density at radius 1 is 1.00 bits per heavy atom. The quantitative estimate of drug-likeness (QED) is 0.466. The lowest BCUT2D eigenvalue weighted by Crippen LogP contribution is -2.22. The summed E-state index contributed by atoms with van der Waals surface area (Å²) in [6, 6.07) is 15.9. The maximum absolute atomic E-state index is 12.5. The molecule has 4 aromatic rings. The van der Waals surface area contributed by atoms with E-state index in [1.165, 1.54) is 16.1 Å². The molecule has 0 unspecified atom stereocenters. The van der Waals surface area contributed by atoms with Crippen LogP contribution in [0.15, 0.2) is 65.6 Å². The molecule has 0 spiro atoms. The Bertz CT molecular complexity index is 1320. The Hall–Kier alpha value is -4.20. The van der Waals surface area contributed by atoms with Crippen molar-refractivity contribution >= 4 is 23.0 Å². The normalized spacial score (nSPS) is 10.8. The molecule has 156 valence electrons. The van der Waals surface area contributed by atoms with Gasteiger partial charge in [0.05, 0.1) is 0 Å². The first-order valence-corrected chi connectivity index (χ1v) is 9.73. The lowest BCUT2D eigenvalue weighted by Gasteiger charge is -2.07. The second-order valence-electron chi connectivity index (χ2n) is 7.33. The average Bonchev–Trinajstić information content (AvgIpc) is 3.18. The number of carbonyl (C=O) groups excluding carboxylic acids is 2. The standard InChI is InChI=1S/C23H21N5O3/c1-14-3-5-16(6-4-14)12-24-21(29)17-7-9-18(10-8-17)26-22(30)19-11-20-23(31)25-15(2)13-28(20)27-19/h3-11,13H,12H2,1-2H3,(H,24,29)(H,25,31)(H,26,30). The van der Waals surface area contributed by atoms with Crippen molar-refractivity contribution in [2.75, 3.05) is 5.32 Å². The fraction of sp³-hybridized carbons (Fsp3) is 0.130. The highest BCUT2D eigenvalue weighted by Gasteiger charge is 2.14. The fourth-order valence-corrected chi connectivity index (χ4v) is 3.12. The maximum atomic E-state index is 12.5. The summed E-state index contributed by atoms with van der Waals surface area (Å²) in [5.74, 6) is -0.647. The van der Waals surface area contributed by atoms with E-state index in [1.807, 2.05) is 31.2 Å². The summed E-state index contributed by atoms with van der Waals surface area (Å²) in [5.41, 5.74) is 3.92. The highest BCUT2D eigenvalue weighted by atomic mass is 16.2. The van der Waals surface area contributed by atoms with Gasteiger partial charge in [-0.1, -0.05) is 29.8 Å². The molecule has 2 aromatic carbocycles. The van der Waals surface area contributed by atoms with Crippen LogP contribution in [0.1, 0.15) is 37.7 Å². The van der Waals surface area contributed by atoms with Gasteiger partial charge in [0.15, 0.2) is 5.69 Å². The molecule has 31 heavy (non-hydrogen) atoms. The molecule has 4 rings (SSSR count). The lowest BCUT2D eigenvalue weighted by atomic mass is 10.1. The number of aromatic amines is 1. The first-order valence-electron chi connectivity index (χ1n) is 9.73. The summed E-state index contributed by atoms with van der Waals surface area (Å²) in [5, 5.41) is 9.75. The van der Waals surface area contributed by atoms with Gasteiger partial charge in [0.2, 0.25) is 0 Å². The molecule has 3 N–H and O–H groups in total. The molecule has 0 atom stereocenters. The van der Waals surface area contributed by atoms with Gasteiger partial charge in [-0.05, 0) is 43.7 Å². The smallest absolute Gasteiger partial charge is 0.276 e. The summed E-state index contributed by atoms with van der Waals surface area (Å²) in [6.45, 7) is 4.18. The van der Waals surface area contributed by atoms with Crippen molar-refractivity contribution in [1.29, 1.82) is 0 Å². The van der Waals surface area contributed by atoms with E-state index in [4.69, 9.17) is 0 Å². The van der Waals surface area contributed by atoms with Crippen LogP contribution in [0, 0.1) is 13.8 Å². The van der Waals surface area contributed by atoms with Gasteiger partial charge in [0.1, 0.15) is 5.52 Å². The van der Waals surface area contributed by atoms with Gasteiger partial charge in [-0.2, -0.15) is 5.10 Å². The monoisotopic (exact) mass is 415 g/mol. The van der Waals surface area contributed by atoms with Crippen LogP contribution in [-0.2, 0) is 6.54 Å². The number of fused-ring (bicyclic) bond motifs is 1. The summed E-state index contributed by atoms with van der Waals surface area (Å²) < 4.78 is 1.38. The van der Waals surface area contributed by atoms with Crippen molar-refractivity contribution in [3.8, 4) is 0 Å². The molecule has 0 saturated carbocycles. The Morgan fingerprint density at radius 3 is 2.42 bits per heavy atom. The third-order valence-electron chi connectivity index (χ3n) is 4.81. The van der Waals surface area contributed by atoms with Crippen LogP contribution in [-0.4, -0.2) is 26.4 Å². The number of rotatable bonds is 5. The molecule has 0 aliphatic carbocycles. The largest absolute Gasteiger partial charge is 0.348 e. The highest BCUT2D eigenvalue weighted by Crippen LogP contribution is 2.12. The van der Waals surface area contributed by atoms with E-state index < -0.39 is 5.91 Å². The van der Waals surface area contributed by atoms with Crippen molar-refractivity contribution in [1.82, 2.24) is 19.9 Å². The minimum atomic E-state index is -0.447. The molecule has 2 aromatic heterocycles. The van der Waals surface area contributed by atoms with Crippen LogP contribution < -0.4 is 16.2 Å². The predicted octanol–water partition coefficient (Wildman–Crippen LogP) is 2.82. The number of aromatic nitrogens is 3. The Kier molecular flexibility index (Phi) is 5.36. The molecular weight excluding hydrogens is 394 g/mol. The van der Waals surface area contributed by atoms with Crippen molar-refractivity contribution < 1.29 is 9.59 Å². The van der Waals surface area contributed by atoms with E-state index in [0.717, 1.165) is 5.56 Å². The number of hydrogen-bond donors (Lipinski definition) is 3.